The lowest BCUT2D eigenvalue weighted by Gasteiger charge is -2.07. The molecule has 0 amide bonds. The second kappa shape index (κ2) is 5.12. The number of nitrogens with zero attached hydrogens (tertiary/aromatic N) is 1. The van der Waals surface area contributed by atoms with Crippen LogP contribution in [0.4, 0.5) is 4.39 Å². The molecule has 2 aromatic rings. The molecule has 0 radical (unpaired) electrons. The van der Waals surface area contributed by atoms with Gasteiger partial charge in [0.2, 0.25) is 0 Å². The van der Waals surface area contributed by atoms with Crippen molar-refractivity contribution in [3.63, 3.8) is 0 Å². The molecular formula is C14H14FNO2. The van der Waals surface area contributed by atoms with Gasteiger partial charge < -0.3 is 4.74 Å². The van der Waals surface area contributed by atoms with Crippen LogP contribution >= 0.6 is 0 Å². The second-order valence-corrected chi connectivity index (χ2v) is 4.13. The van der Waals surface area contributed by atoms with Gasteiger partial charge in [-0.25, -0.2) is 4.39 Å². The van der Waals surface area contributed by atoms with Crippen LogP contribution < -0.4 is 0 Å². The van der Waals surface area contributed by atoms with Gasteiger partial charge in [-0.1, -0.05) is 12.1 Å². The molecule has 0 atom stereocenters. The topological polar surface area (TPSA) is 39.2 Å². The Morgan fingerprint density at radius 2 is 2.22 bits per heavy atom. The largest absolute Gasteiger partial charge is 0.469 e. The van der Waals surface area contributed by atoms with Crippen molar-refractivity contribution in [2.45, 2.75) is 19.8 Å². The molecule has 0 aliphatic rings. The van der Waals surface area contributed by atoms with Crippen molar-refractivity contribution in [2.75, 3.05) is 7.11 Å². The number of pyridine rings is 1. The average Bonchev–Trinajstić information content (AvgIpc) is 2.36. The lowest BCUT2D eigenvalue weighted by Crippen LogP contribution is -2.03. The van der Waals surface area contributed by atoms with Crippen LogP contribution in [0.1, 0.15) is 17.7 Å². The summed E-state index contributed by atoms with van der Waals surface area (Å²) in [4.78, 5) is 15.4. The summed E-state index contributed by atoms with van der Waals surface area (Å²) in [5, 5.41) is 0.754. The Labute approximate surface area is 105 Å². The minimum atomic E-state index is -0.337. The molecule has 1 heterocycles. The Hall–Kier alpha value is -1.97. The van der Waals surface area contributed by atoms with Gasteiger partial charge in [0.05, 0.1) is 7.11 Å². The number of rotatable bonds is 3. The van der Waals surface area contributed by atoms with Crippen molar-refractivity contribution in [2.24, 2.45) is 0 Å². The summed E-state index contributed by atoms with van der Waals surface area (Å²) < 4.78 is 18.3. The average molecular weight is 247 g/mol. The SMILES string of the molecule is COC(=O)CCc1cc(C)nc2c(F)cccc12. The van der Waals surface area contributed by atoms with Gasteiger partial charge in [0.25, 0.3) is 0 Å². The van der Waals surface area contributed by atoms with E-state index in [0.717, 1.165) is 16.6 Å². The first-order valence-corrected chi connectivity index (χ1v) is 5.73. The van der Waals surface area contributed by atoms with Crippen LogP contribution in [0, 0.1) is 12.7 Å². The minimum Gasteiger partial charge on any atom is -0.469 e. The highest BCUT2D eigenvalue weighted by atomic mass is 19.1. The third-order valence-corrected chi connectivity index (χ3v) is 2.83. The maximum Gasteiger partial charge on any atom is 0.305 e. The number of aromatic nitrogens is 1. The quantitative estimate of drug-likeness (QED) is 0.783. The van der Waals surface area contributed by atoms with Crippen LogP contribution in [0.25, 0.3) is 10.9 Å². The molecule has 3 nitrogen and oxygen atoms in total. The van der Waals surface area contributed by atoms with E-state index in [9.17, 15) is 9.18 Å². The van der Waals surface area contributed by atoms with E-state index >= 15 is 0 Å². The van der Waals surface area contributed by atoms with E-state index < -0.39 is 0 Å². The third kappa shape index (κ3) is 2.47. The number of fused-ring (bicyclic) bond motifs is 1. The van der Waals surface area contributed by atoms with Gasteiger partial charge in [-0.3, -0.25) is 9.78 Å². The predicted octanol–water partition coefficient (Wildman–Crippen LogP) is 2.79. The highest BCUT2D eigenvalue weighted by Crippen LogP contribution is 2.22. The van der Waals surface area contributed by atoms with Crippen LogP contribution in [-0.4, -0.2) is 18.1 Å². The number of esters is 1. The number of carbonyl (C=O) groups is 1. The summed E-state index contributed by atoms with van der Waals surface area (Å²) in [5.74, 6) is -0.607. The zero-order chi connectivity index (χ0) is 13.1. The first-order chi connectivity index (χ1) is 8.61. The molecule has 2 rings (SSSR count). The minimum absolute atomic E-state index is 0.269. The van der Waals surface area contributed by atoms with Gasteiger partial charge in [0.15, 0.2) is 0 Å². The molecule has 0 unspecified atom stereocenters. The van der Waals surface area contributed by atoms with E-state index in [-0.39, 0.29) is 18.2 Å². The number of halogens is 1. The van der Waals surface area contributed by atoms with E-state index in [1.54, 1.807) is 6.07 Å². The number of para-hydroxylation sites is 1. The lowest BCUT2D eigenvalue weighted by atomic mass is 10.0. The monoisotopic (exact) mass is 247 g/mol. The van der Waals surface area contributed by atoms with Gasteiger partial charge in [-0.05, 0) is 31.0 Å². The molecule has 0 bridgehead atoms. The molecule has 0 N–H and O–H groups in total. The summed E-state index contributed by atoms with van der Waals surface area (Å²) >= 11 is 0. The zero-order valence-electron chi connectivity index (χ0n) is 10.4. The van der Waals surface area contributed by atoms with E-state index in [0.29, 0.717) is 11.9 Å². The number of aryl methyl sites for hydroxylation is 2. The molecule has 0 saturated carbocycles. The molecule has 0 fully saturated rings. The van der Waals surface area contributed by atoms with Crippen molar-refractivity contribution in [3.05, 3.63) is 41.3 Å². The number of hydrogen-bond donors (Lipinski definition) is 0. The molecule has 1 aromatic carbocycles. The molecule has 4 heteroatoms. The van der Waals surface area contributed by atoms with Crippen LogP contribution in [0.2, 0.25) is 0 Å². The first-order valence-electron chi connectivity index (χ1n) is 5.73. The maximum absolute atomic E-state index is 13.7. The number of methoxy groups -OCH3 is 1. The summed E-state index contributed by atoms with van der Waals surface area (Å²) in [5.41, 5.74) is 2.02. The van der Waals surface area contributed by atoms with Crippen LogP contribution in [0.5, 0.6) is 0 Å². The fourth-order valence-corrected chi connectivity index (χ4v) is 1.97. The Bertz CT molecular complexity index is 596. The highest BCUT2D eigenvalue weighted by molar-refractivity contribution is 5.83. The summed E-state index contributed by atoms with van der Waals surface area (Å²) in [6, 6.07) is 6.73. The molecule has 0 aliphatic heterocycles. The van der Waals surface area contributed by atoms with E-state index in [1.165, 1.54) is 13.2 Å². The van der Waals surface area contributed by atoms with E-state index in [1.807, 2.05) is 19.1 Å². The van der Waals surface area contributed by atoms with E-state index in [4.69, 9.17) is 0 Å². The first kappa shape index (κ1) is 12.5. The molecule has 1 aromatic heterocycles. The van der Waals surface area contributed by atoms with Gasteiger partial charge in [0, 0.05) is 17.5 Å². The van der Waals surface area contributed by atoms with Gasteiger partial charge in [-0.15, -0.1) is 0 Å². The van der Waals surface area contributed by atoms with Gasteiger partial charge in [-0.2, -0.15) is 0 Å². The fraction of sp³-hybridized carbons (Fsp3) is 0.286. The van der Waals surface area contributed by atoms with E-state index in [2.05, 4.69) is 9.72 Å². The number of ether oxygens (including phenoxy) is 1. The molecule has 0 spiro atoms. The summed E-state index contributed by atoms with van der Waals surface area (Å²) in [6.07, 6.45) is 0.807. The predicted molar refractivity (Wildman–Crippen MR) is 66.8 cm³/mol. The lowest BCUT2D eigenvalue weighted by molar-refractivity contribution is -0.140. The highest BCUT2D eigenvalue weighted by Gasteiger charge is 2.09. The number of hydrogen-bond acceptors (Lipinski definition) is 3. The molecular weight excluding hydrogens is 233 g/mol. The van der Waals surface area contributed by atoms with Crippen molar-refractivity contribution >= 4 is 16.9 Å². The molecule has 94 valence electrons. The Morgan fingerprint density at radius 3 is 2.94 bits per heavy atom. The van der Waals surface area contributed by atoms with Gasteiger partial charge >= 0.3 is 5.97 Å². The van der Waals surface area contributed by atoms with Crippen LogP contribution in [-0.2, 0) is 16.0 Å². The van der Waals surface area contributed by atoms with Crippen molar-refractivity contribution < 1.29 is 13.9 Å². The number of benzene rings is 1. The fourth-order valence-electron chi connectivity index (χ4n) is 1.97. The smallest absolute Gasteiger partial charge is 0.305 e. The zero-order valence-corrected chi connectivity index (χ0v) is 10.4. The van der Waals surface area contributed by atoms with Crippen molar-refractivity contribution in [1.29, 1.82) is 0 Å². The Balaban J connectivity index is 2.43. The van der Waals surface area contributed by atoms with Crippen LogP contribution in [0.3, 0.4) is 0 Å². The van der Waals surface area contributed by atoms with Crippen LogP contribution in [0.15, 0.2) is 24.3 Å². The van der Waals surface area contributed by atoms with Crippen molar-refractivity contribution in [3.8, 4) is 0 Å². The standard InChI is InChI=1S/C14H14FNO2/c1-9-8-10(6-7-13(17)18-2)11-4-3-5-12(15)14(11)16-9/h3-5,8H,6-7H2,1-2H3. The molecule has 18 heavy (non-hydrogen) atoms. The molecule has 0 saturated heterocycles. The second-order valence-electron chi connectivity index (χ2n) is 4.13. The third-order valence-electron chi connectivity index (χ3n) is 2.83. The Morgan fingerprint density at radius 1 is 1.44 bits per heavy atom. The summed E-state index contributed by atoms with van der Waals surface area (Å²) in [7, 11) is 1.36. The van der Waals surface area contributed by atoms with Gasteiger partial charge in [0.1, 0.15) is 11.3 Å². The molecule has 0 aliphatic carbocycles. The number of carbonyl (C=O) groups excluding carboxylic acids is 1. The maximum atomic E-state index is 13.7. The van der Waals surface area contributed by atoms with Crippen molar-refractivity contribution in [1.82, 2.24) is 4.98 Å². The summed E-state index contributed by atoms with van der Waals surface area (Å²) in [6.45, 7) is 1.81. The Kier molecular flexibility index (Phi) is 3.55. The normalized spacial score (nSPS) is 10.6.